The third-order valence-corrected chi connectivity index (χ3v) is 4.83. The molecule has 3 nitrogen and oxygen atoms in total. The number of nitrogens with zero attached hydrogens (tertiary/aromatic N) is 2. The minimum absolute atomic E-state index is 0.207. The molecule has 1 aromatic carbocycles. The van der Waals surface area contributed by atoms with Crippen LogP contribution in [0.3, 0.4) is 0 Å². The number of hydrogen-bond donors (Lipinski definition) is 1. The fourth-order valence-corrected chi connectivity index (χ4v) is 3.56. The highest BCUT2D eigenvalue weighted by molar-refractivity contribution is 5.23. The zero-order chi connectivity index (χ0) is 14.8. The van der Waals surface area contributed by atoms with Gasteiger partial charge in [0.2, 0.25) is 0 Å². The van der Waals surface area contributed by atoms with E-state index in [2.05, 4.69) is 15.1 Å². The van der Waals surface area contributed by atoms with Crippen LogP contribution in [0.5, 0.6) is 0 Å². The molecule has 0 bridgehead atoms. The zero-order valence-corrected chi connectivity index (χ0v) is 12.5. The lowest BCUT2D eigenvalue weighted by Gasteiger charge is -2.33. The summed E-state index contributed by atoms with van der Waals surface area (Å²) in [5.74, 6) is -0.874. The first-order chi connectivity index (χ1) is 10.2. The van der Waals surface area contributed by atoms with Crippen LogP contribution in [0.4, 0.5) is 8.78 Å². The van der Waals surface area contributed by atoms with Crippen LogP contribution < -0.4 is 5.32 Å². The highest BCUT2D eigenvalue weighted by Crippen LogP contribution is 2.30. The molecule has 5 heteroatoms. The molecule has 1 aromatic rings. The zero-order valence-electron chi connectivity index (χ0n) is 12.5. The number of hydrogen-bond acceptors (Lipinski definition) is 3. The fraction of sp³-hybridized carbons (Fsp3) is 0.625. The first-order valence-corrected chi connectivity index (χ1v) is 7.79. The van der Waals surface area contributed by atoms with Gasteiger partial charge in [0, 0.05) is 56.9 Å². The normalized spacial score (nSPS) is 26.1. The number of likely N-dealkylation sites (tertiary alicyclic amines) is 1. The van der Waals surface area contributed by atoms with Gasteiger partial charge in [0.25, 0.3) is 0 Å². The molecule has 3 rings (SSSR count). The maximum absolute atomic E-state index is 13.9. The van der Waals surface area contributed by atoms with Crippen LogP contribution in [-0.4, -0.2) is 55.1 Å². The van der Waals surface area contributed by atoms with Crippen molar-refractivity contribution in [1.82, 2.24) is 15.1 Å². The molecule has 21 heavy (non-hydrogen) atoms. The van der Waals surface area contributed by atoms with E-state index in [1.807, 2.05) is 6.92 Å². The lowest BCUT2D eigenvalue weighted by molar-refractivity contribution is 0.161. The van der Waals surface area contributed by atoms with Crippen molar-refractivity contribution in [2.75, 3.05) is 39.3 Å². The van der Waals surface area contributed by atoms with Crippen molar-refractivity contribution in [3.8, 4) is 0 Å². The highest BCUT2D eigenvalue weighted by Gasteiger charge is 2.32. The number of piperazine rings is 1. The maximum Gasteiger partial charge on any atom is 0.130 e. The fourth-order valence-electron chi connectivity index (χ4n) is 3.56. The van der Waals surface area contributed by atoms with Crippen molar-refractivity contribution in [2.24, 2.45) is 0 Å². The molecule has 2 aliphatic heterocycles. The topological polar surface area (TPSA) is 18.5 Å². The van der Waals surface area contributed by atoms with E-state index in [1.54, 1.807) is 0 Å². The quantitative estimate of drug-likeness (QED) is 0.920. The molecule has 0 radical (unpaired) electrons. The average Bonchev–Trinajstić information content (AvgIpc) is 2.97. The molecule has 0 aliphatic carbocycles. The molecule has 0 saturated carbocycles. The second kappa shape index (κ2) is 6.38. The van der Waals surface area contributed by atoms with Gasteiger partial charge in [0.05, 0.1) is 0 Å². The summed E-state index contributed by atoms with van der Waals surface area (Å²) in [6.45, 7) is 7.92. The van der Waals surface area contributed by atoms with Crippen molar-refractivity contribution in [3.05, 3.63) is 35.4 Å². The Labute approximate surface area is 124 Å². The van der Waals surface area contributed by atoms with Gasteiger partial charge in [-0.1, -0.05) is 6.07 Å². The molecule has 2 fully saturated rings. The van der Waals surface area contributed by atoms with Crippen molar-refractivity contribution in [1.29, 1.82) is 0 Å². The first kappa shape index (κ1) is 14.9. The van der Waals surface area contributed by atoms with Crippen LogP contribution in [-0.2, 0) is 0 Å². The predicted molar refractivity (Wildman–Crippen MR) is 79.2 cm³/mol. The van der Waals surface area contributed by atoms with Gasteiger partial charge in [0.1, 0.15) is 11.6 Å². The lowest BCUT2D eigenvalue weighted by Crippen LogP contribution is -2.49. The molecule has 2 aliphatic rings. The summed E-state index contributed by atoms with van der Waals surface area (Å²) in [7, 11) is 0. The van der Waals surface area contributed by atoms with Gasteiger partial charge in [-0.05, 0) is 25.5 Å². The third-order valence-electron chi connectivity index (χ3n) is 4.83. The number of benzene rings is 1. The van der Waals surface area contributed by atoms with Crippen LogP contribution in [0.1, 0.15) is 24.9 Å². The molecule has 2 unspecified atom stereocenters. The second-order valence-corrected chi connectivity index (χ2v) is 6.03. The van der Waals surface area contributed by atoms with Gasteiger partial charge < -0.3 is 5.32 Å². The van der Waals surface area contributed by atoms with E-state index in [1.165, 1.54) is 18.2 Å². The van der Waals surface area contributed by atoms with Crippen LogP contribution in [0.15, 0.2) is 18.2 Å². The minimum Gasteiger partial charge on any atom is -0.314 e. The van der Waals surface area contributed by atoms with Crippen molar-refractivity contribution < 1.29 is 8.78 Å². The summed E-state index contributed by atoms with van der Waals surface area (Å²) < 4.78 is 27.8. The predicted octanol–water partition coefficient (Wildman–Crippen LogP) is 2.01. The Balaban J connectivity index is 1.68. The van der Waals surface area contributed by atoms with Gasteiger partial charge in [-0.3, -0.25) is 9.80 Å². The number of rotatable bonds is 3. The summed E-state index contributed by atoms with van der Waals surface area (Å²) in [4.78, 5) is 4.70. The van der Waals surface area contributed by atoms with Gasteiger partial charge in [-0.15, -0.1) is 0 Å². The molecule has 0 spiro atoms. The van der Waals surface area contributed by atoms with Crippen molar-refractivity contribution >= 4 is 0 Å². The smallest absolute Gasteiger partial charge is 0.130 e. The molecule has 116 valence electrons. The Bertz CT molecular complexity index is 468. The lowest BCUT2D eigenvalue weighted by atomic mass is 10.1. The Morgan fingerprint density at radius 1 is 1.14 bits per heavy atom. The number of nitrogens with one attached hydrogen (secondary N) is 1. The Hall–Kier alpha value is -1.04. The molecule has 1 N–H and O–H groups in total. The summed E-state index contributed by atoms with van der Waals surface area (Å²) in [6, 6.07) is 4.43. The van der Waals surface area contributed by atoms with Crippen LogP contribution in [0, 0.1) is 11.6 Å². The highest BCUT2D eigenvalue weighted by atomic mass is 19.1. The van der Waals surface area contributed by atoms with E-state index in [0.717, 1.165) is 45.7 Å². The third kappa shape index (κ3) is 3.10. The van der Waals surface area contributed by atoms with E-state index >= 15 is 0 Å². The molecular weight excluding hydrogens is 272 g/mol. The van der Waals surface area contributed by atoms with Gasteiger partial charge in [-0.2, -0.15) is 0 Å². The Kier molecular flexibility index (Phi) is 4.52. The number of halogens is 2. The van der Waals surface area contributed by atoms with Crippen molar-refractivity contribution in [2.45, 2.75) is 25.4 Å². The van der Waals surface area contributed by atoms with E-state index in [-0.39, 0.29) is 11.6 Å². The van der Waals surface area contributed by atoms with Gasteiger partial charge in [0.15, 0.2) is 0 Å². The van der Waals surface area contributed by atoms with Crippen LogP contribution in [0.25, 0.3) is 0 Å². The molecule has 0 aromatic heterocycles. The first-order valence-electron chi connectivity index (χ1n) is 7.79. The van der Waals surface area contributed by atoms with Crippen LogP contribution in [0.2, 0.25) is 0 Å². The Morgan fingerprint density at radius 2 is 1.81 bits per heavy atom. The minimum atomic E-state index is -0.437. The SMILES string of the molecule is CC(c1c(F)cccc1F)N1CCC(N2CCNCC2)C1. The summed E-state index contributed by atoms with van der Waals surface area (Å²) in [5.41, 5.74) is 0.207. The maximum atomic E-state index is 13.9. The summed E-state index contributed by atoms with van der Waals surface area (Å²) in [6.07, 6.45) is 1.08. The molecule has 2 atom stereocenters. The van der Waals surface area contributed by atoms with Crippen LogP contribution >= 0.6 is 0 Å². The average molecular weight is 295 g/mol. The molecule has 0 amide bonds. The monoisotopic (exact) mass is 295 g/mol. The summed E-state index contributed by atoms with van der Waals surface area (Å²) in [5, 5.41) is 3.36. The second-order valence-electron chi connectivity index (χ2n) is 6.03. The molecule has 2 saturated heterocycles. The Morgan fingerprint density at radius 3 is 2.48 bits per heavy atom. The summed E-state index contributed by atoms with van der Waals surface area (Å²) >= 11 is 0. The van der Waals surface area contributed by atoms with E-state index < -0.39 is 11.6 Å². The molecule has 2 heterocycles. The van der Waals surface area contributed by atoms with Gasteiger partial charge in [-0.25, -0.2) is 8.78 Å². The van der Waals surface area contributed by atoms with E-state index in [0.29, 0.717) is 6.04 Å². The standard InChI is InChI=1S/C16H23F2N3/c1-12(16-14(17)3-2-4-15(16)18)21-8-5-13(11-21)20-9-6-19-7-10-20/h2-4,12-13,19H,5-11H2,1H3. The molecular formula is C16H23F2N3. The van der Waals surface area contributed by atoms with Crippen molar-refractivity contribution in [3.63, 3.8) is 0 Å². The largest absolute Gasteiger partial charge is 0.314 e. The van der Waals surface area contributed by atoms with E-state index in [9.17, 15) is 8.78 Å². The van der Waals surface area contributed by atoms with E-state index in [4.69, 9.17) is 0 Å². The van der Waals surface area contributed by atoms with Gasteiger partial charge >= 0.3 is 0 Å².